The number of aliphatic carboxylic acids is 1. The Kier molecular flexibility index (Phi) is 6.16. The summed E-state index contributed by atoms with van der Waals surface area (Å²) < 4.78 is 0. The molecule has 2 rings (SSSR count). The van der Waals surface area contributed by atoms with Crippen LogP contribution in [0, 0.1) is 6.92 Å². The Morgan fingerprint density at radius 1 is 1.00 bits per heavy atom. The molecule has 0 spiro atoms. The largest absolute Gasteiger partial charge is 0.481 e. The summed E-state index contributed by atoms with van der Waals surface area (Å²) >= 11 is 0. The molecular weight excluding hydrogens is 298 g/mol. The summed E-state index contributed by atoms with van der Waals surface area (Å²) in [5, 5.41) is 10.1. The Balaban J connectivity index is 2.33. The topological polar surface area (TPSA) is 40.5 Å². The minimum Gasteiger partial charge on any atom is -0.481 e. The quantitative estimate of drug-likeness (QED) is 0.800. The van der Waals surface area contributed by atoms with Crippen molar-refractivity contribution in [1.82, 2.24) is 4.90 Å². The van der Waals surface area contributed by atoms with Crippen molar-refractivity contribution < 1.29 is 9.90 Å². The molecule has 0 heterocycles. The summed E-state index contributed by atoms with van der Waals surface area (Å²) in [6, 6.07) is 18.1. The van der Waals surface area contributed by atoms with E-state index in [-0.39, 0.29) is 0 Å². The van der Waals surface area contributed by atoms with Gasteiger partial charge in [0.1, 0.15) is 0 Å². The summed E-state index contributed by atoms with van der Waals surface area (Å²) in [6.07, 6.45) is 1.96. The molecule has 0 amide bonds. The monoisotopic (exact) mass is 325 g/mol. The van der Waals surface area contributed by atoms with Gasteiger partial charge in [-0.25, -0.2) is 0 Å². The van der Waals surface area contributed by atoms with Crippen LogP contribution in [-0.2, 0) is 16.6 Å². The minimum absolute atomic E-state index is 0.600. The van der Waals surface area contributed by atoms with Gasteiger partial charge in [-0.15, -0.1) is 0 Å². The Morgan fingerprint density at radius 2 is 1.62 bits per heavy atom. The molecule has 0 aliphatic rings. The first-order chi connectivity index (χ1) is 11.4. The van der Waals surface area contributed by atoms with Crippen molar-refractivity contribution in [3.63, 3.8) is 0 Å². The predicted molar refractivity (Wildman–Crippen MR) is 98.4 cm³/mol. The lowest BCUT2D eigenvalue weighted by atomic mass is 9.73. The lowest BCUT2D eigenvalue weighted by molar-refractivity contribution is -0.144. The number of carboxylic acids is 1. The maximum Gasteiger partial charge on any atom is 0.314 e. The fourth-order valence-electron chi connectivity index (χ4n) is 3.04. The van der Waals surface area contributed by atoms with E-state index in [1.54, 1.807) is 0 Å². The van der Waals surface area contributed by atoms with Crippen LogP contribution in [0.2, 0.25) is 0 Å². The van der Waals surface area contributed by atoms with E-state index >= 15 is 0 Å². The third-order valence-corrected chi connectivity index (χ3v) is 4.68. The Hall–Kier alpha value is -2.13. The highest BCUT2D eigenvalue weighted by atomic mass is 16.4. The van der Waals surface area contributed by atoms with Gasteiger partial charge in [-0.1, -0.05) is 60.2 Å². The first-order valence-electron chi connectivity index (χ1n) is 8.43. The van der Waals surface area contributed by atoms with Crippen LogP contribution in [0.4, 0.5) is 0 Å². The van der Waals surface area contributed by atoms with Crippen LogP contribution < -0.4 is 0 Å². The van der Waals surface area contributed by atoms with Gasteiger partial charge in [0.05, 0.1) is 5.41 Å². The van der Waals surface area contributed by atoms with E-state index in [4.69, 9.17) is 0 Å². The van der Waals surface area contributed by atoms with E-state index in [1.165, 1.54) is 5.56 Å². The number of benzene rings is 2. The average Bonchev–Trinajstić information content (AvgIpc) is 2.57. The standard InChI is InChI=1S/C21H27NO2/c1-17-9-11-19(12-10-17)21(20(23)24,15-16-22(2)3)14-13-18-7-5-4-6-8-18/h4-12H,13-16H2,1-3H3,(H,23,24). The van der Waals surface area contributed by atoms with Crippen LogP contribution in [0.3, 0.4) is 0 Å². The number of nitrogens with zero attached hydrogens (tertiary/aromatic N) is 1. The maximum atomic E-state index is 12.3. The van der Waals surface area contributed by atoms with Crippen molar-refractivity contribution in [1.29, 1.82) is 0 Å². The number of carboxylic acid groups (broad SMARTS) is 1. The zero-order valence-corrected chi connectivity index (χ0v) is 14.8. The van der Waals surface area contributed by atoms with Gasteiger partial charge < -0.3 is 10.0 Å². The molecule has 2 aromatic rings. The van der Waals surface area contributed by atoms with Crippen LogP contribution in [0.25, 0.3) is 0 Å². The number of hydrogen-bond acceptors (Lipinski definition) is 2. The molecule has 0 radical (unpaired) electrons. The number of carbonyl (C=O) groups is 1. The van der Waals surface area contributed by atoms with Gasteiger partial charge in [-0.3, -0.25) is 4.79 Å². The Bertz CT molecular complexity index is 649. The Morgan fingerprint density at radius 3 is 2.17 bits per heavy atom. The lowest BCUT2D eigenvalue weighted by Crippen LogP contribution is -2.39. The van der Waals surface area contributed by atoms with Gasteiger partial charge in [-0.05, 0) is 58.0 Å². The molecule has 1 unspecified atom stereocenters. The number of hydrogen-bond donors (Lipinski definition) is 1. The molecule has 2 aromatic carbocycles. The maximum absolute atomic E-state index is 12.3. The van der Waals surface area contributed by atoms with Crippen molar-refractivity contribution in [2.45, 2.75) is 31.6 Å². The first kappa shape index (κ1) is 18.2. The van der Waals surface area contributed by atoms with E-state index < -0.39 is 11.4 Å². The van der Waals surface area contributed by atoms with Crippen LogP contribution in [-0.4, -0.2) is 36.6 Å². The highest BCUT2D eigenvalue weighted by molar-refractivity contribution is 5.81. The van der Waals surface area contributed by atoms with Crippen molar-refractivity contribution in [2.75, 3.05) is 20.6 Å². The highest BCUT2D eigenvalue weighted by Gasteiger charge is 2.39. The van der Waals surface area contributed by atoms with Gasteiger partial charge in [0.2, 0.25) is 0 Å². The van der Waals surface area contributed by atoms with Crippen molar-refractivity contribution >= 4 is 5.97 Å². The molecule has 128 valence electrons. The molecular formula is C21H27NO2. The van der Waals surface area contributed by atoms with Gasteiger partial charge in [0.25, 0.3) is 0 Å². The van der Waals surface area contributed by atoms with Gasteiger partial charge in [0.15, 0.2) is 0 Å². The highest BCUT2D eigenvalue weighted by Crippen LogP contribution is 2.34. The summed E-state index contributed by atoms with van der Waals surface area (Å²) in [5.74, 6) is -0.732. The third kappa shape index (κ3) is 4.45. The van der Waals surface area contributed by atoms with Crippen LogP contribution >= 0.6 is 0 Å². The SMILES string of the molecule is Cc1ccc(C(CCc2ccccc2)(CCN(C)C)C(=O)O)cc1. The average molecular weight is 325 g/mol. The van der Waals surface area contributed by atoms with Gasteiger partial charge in [0, 0.05) is 0 Å². The molecule has 0 aliphatic carbocycles. The second kappa shape index (κ2) is 8.11. The number of rotatable bonds is 8. The van der Waals surface area contributed by atoms with Crippen LogP contribution in [0.5, 0.6) is 0 Å². The predicted octanol–water partition coefficient (Wildman–Crippen LogP) is 3.90. The first-order valence-corrected chi connectivity index (χ1v) is 8.43. The second-order valence-corrected chi connectivity index (χ2v) is 6.79. The van der Waals surface area contributed by atoms with Crippen LogP contribution in [0.1, 0.15) is 29.5 Å². The molecule has 1 N–H and O–H groups in total. The van der Waals surface area contributed by atoms with Gasteiger partial charge in [-0.2, -0.15) is 0 Å². The molecule has 0 saturated heterocycles. The third-order valence-electron chi connectivity index (χ3n) is 4.68. The molecule has 0 aromatic heterocycles. The molecule has 3 nitrogen and oxygen atoms in total. The summed E-state index contributed by atoms with van der Waals surface area (Å²) in [4.78, 5) is 14.4. The molecule has 0 aliphatic heterocycles. The molecule has 3 heteroatoms. The van der Waals surface area contributed by atoms with E-state index in [0.717, 1.165) is 24.1 Å². The molecule has 0 bridgehead atoms. The Labute approximate surface area is 144 Å². The fourth-order valence-corrected chi connectivity index (χ4v) is 3.04. The van der Waals surface area contributed by atoms with Crippen LogP contribution in [0.15, 0.2) is 54.6 Å². The van der Waals surface area contributed by atoms with Gasteiger partial charge >= 0.3 is 5.97 Å². The summed E-state index contributed by atoms with van der Waals surface area (Å²) in [7, 11) is 3.97. The zero-order valence-electron chi connectivity index (χ0n) is 14.8. The molecule has 24 heavy (non-hydrogen) atoms. The summed E-state index contributed by atoms with van der Waals surface area (Å²) in [5.41, 5.74) is 2.38. The van der Waals surface area contributed by atoms with Crippen molar-refractivity contribution in [3.8, 4) is 0 Å². The minimum atomic E-state index is -0.853. The smallest absolute Gasteiger partial charge is 0.314 e. The molecule has 1 atom stereocenters. The normalized spacial score (nSPS) is 13.7. The number of aryl methyl sites for hydroxylation is 2. The van der Waals surface area contributed by atoms with E-state index in [1.807, 2.05) is 68.4 Å². The van der Waals surface area contributed by atoms with E-state index in [2.05, 4.69) is 12.1 Å². The molecule has 0 fully saturated rings. The molecule has 0 saturated carbocycles. The zero-order chi connectivity index (χ0) is 17.6. The van der Waals surface area contributed by atoms with Crippen molar-refractivity contribution in [3.05, 3.63) is 71.3 Å². The lowest BCUT2D eigenvalue weighted by Gasteiger charge is -2.31. The summed E-state index contributed by atoms with van der Waals surface area (Å²) in [6.45, 7) is 2.77. The van der Waals surface area contributed by atoms with Crippen molar-refractivity contribution in [2.24, 2.45) is 0 Å². The fraction of sp³-hybridized carbons (Fsp3) is 0.381. The second-order valence-electron chi connectivity index (χ2n) is 6.79. The van der Waals surface area contributed by atoms with E-state index in [0.29, 0.717) is 12.8 Å². The van der Waals surface area contributed by atoms with E-state index in [9.17, 15) is 9.90 Å².